The Labute approximate surface area is 113 Å². The number of carbonyl (C=O) groups is 2. The molecule has 94 valence electrons. The Morgan fingerprint density at radius 1 is 1.72 bits per heavy atom. The minimum atomic E-state index is -1.56. The van der Waals surface area contributed by atoms with E-state index in [9.17, 15) is 14.9 Å². The van der Waals surface area contributed by atoms with Crippen LogP contribution in [0.4, 0.5) is 0 Å². The molecule has 0 aliphatic carbocycles. The zero-order chi connectivity index (χ0) is 13.6. The zero-order valence-corrected chi connectivity index (χ0v) is 11.3. The second-order valence-corrected chi connectivity index (χ2v) is 5.51. The number of esters is 1. The van der Waals surface area contributed by atoms with Gasteiger partial charge in [-0.1, -0.05) is 12.1 Å². The molecule has 1 aromatic heterocycles. The van der Waals surface area contributed by atoms with Crippen LogP contribution < -0.4 is 0 Å². The summed E-state index contributed by atoms with van der Waals surface area (Å²) in [5, 5.41) is 10.6. The zero-order valence-electron chi connectivity index (χ0n) is 9.71. The van der Waals surface area contributed by atoms with Gasteiger partial charge in [0, 0.05) is 6.42 Å². The summed E-state index contributed by atoms with van der Waals surface area (Å²) in [5.41, 5.74) is 0. The lowest BCUT2D eigenvalue weighted by Crippen LogP contribution is -2.35. The van der Waals surface area contributed by atoms with Crippen LogP contribution in [0.3, 0.4) is 0 Å². The SMILES string of the molecule is C=CC[C@](C#N)(SC(=O)c1cccs1)C(=O)OC. The minimum Gasteiger partial charge on any atom is -0.467 e. The van der Waals surface area contributed by atoms with Crippen LogP contribution in [-0.4, -0.2) is 22.9 Å². The first-order valence-electron chi connectivity index (χ1n) is 4.97. The van der Waals surface area contributed by atoms with Crippen molar-refractivity contribution < 1.29 is 14.3 Å². The Hall–Kier alpha value is -1.58. The first kappa shape index (κ1) is 14.5. The molecule has 6 heteroatoms. The molecule has 1 atom stereocenters. The van der Waals surface area contributed by atoms with E-state index >= 15 is 0 Å². The van der Waals surface area contributed by atoms with Gasteiger partial charge in [-0.25, -0.2) is 4.79 Å². The monoisotopic (exact) mass is 281 g/mol. The highest BCUT2D eigenvalue weighted by Gasteiger charge is 2.42. The molecule has 18 heavy (non-hydrogen) atoms. The molecule has 0 bridgehead atoms. The van der Waals surface area contributed by atoms with Gasteiger partial charge in [0.15, 0.2) is 0 Å². The highest BCUT2D eigenvalue weighted by Crippen LogP contribution is 2.34. The largest absolute Gasteiger partial charge is 0.467 e. The van der Waals surface area contributed by atoms with Gasteiger partial charge >= 0.3 is 5.97 Å². The van der Waals surface area contributed by atoms with E-state index in [1.165, 1.54) is 24.5 Å². The number of nitrogens with zero attached hydrogens (tertiary/aromatic N) is 1. The van der Waals surface area contributed by atoms with E-state index in [4.69, 9.17) is 0 Å². The van der Waals surface area contributed by atoms with E-state index in [0.717, 1.165) is 0 Å². The van der Waals surface area contributed by atoms with Gasteiger partial charge in [0.25, 0.3) is 0 Å². The summed E-state index contributed by atoms with van der Waals surface area (Å²) >= 11 is 1.93. The van der Waals surface area contributed by atoms with Gasteiger partial charge in [-0.3, -0.25) is 4.79 Å². The maximum Gasteiger partial charge on any atom is 0.337 e. The highest BCUT2D eigenvalue weighted by molar-refractivity contribution is 8.16. The average Bonchev–Trinajstić information content (AvgIpc) is 2.91. The molecule has 0 radical (unpaired) electrons. The highest BCUT2D eigenvalue weighted by atomic mass is 32.2. The fourth-order valence-corrected chi connectivity index (χ4v) is 2.98. The molecule has 0 saturated carbocycles. The summed E-state index contributed by atoms with van der Waals surface area (Å²) in [4.78, 5) is 24.1. The van der Waals surface area contributed by atoms with Crippen molar-refractivity contribution in [2.24, 2.45) is 0 Å². The van der Waals surface area contributed by atoms with Crippen LogP contribution in [0.25, 0.3) is 0 Å². The fraction of sp³-hybridized carbons (Fsp3) is 0.250. The van der Waals surface area contributed by atoms with Crippen molar-refractivity contribution in [3.05, 3.63) is 35.0 Å². The van der Waals surface area contributed by atoms with Crippen LogP contribution in [0.5, 0.6) is 0 Å². The van der Waals surface area contributed by atoms with Gasteiger partial charge in [-0.05, 0) is 23.2 Å². The quantitative estimate of drug-likeness (QED) is 0.613. The number of rotatable bonds is 5. The van der Waals surface area contributed by atoms with Crippen molar-refractivity contribution in [1.82, 2.24) is 0 Å². The third-order valence-electron chi connectivity index (χ3n) is 2.12. The standard InChI is InChI=1S/C12H11NO3S2/c1-3-6-12(8-13,11(15)16-2)18-10(14)9-5-4-7-17-9/h3-5,7H,1,6H2,2H3/t12-/m1/s1. The number of ether oxygens (including phenoxy) is 1. The van der Waals surface area contributed by atoms with Crippen LogP contribution in [0.15, 0.2) is 30.2 Å². The molecular formula is C12H11NO3S2. The molecule has 0 spiro atoms. The van der Waals surface area contributed by atoms with E-state index in [1.54, 1.807) is 17.5 Å². The lowest BCUT2D eigenvalue weighted by Gasteiger charge is -2.20. The lowest BCUT2D eigenvalue weighted by molar-refractivity contribution is -0.141. The first-order chi connectivity index (χ1) is 8.59. The number of hydrogen-bond donors (Lipinski definition) is 0. The molecule has 0 amide bonds. The number of thiophene rings is 1. The Morgan fingerprint density at radius 2 is 2.44 bits per heavy atom. The maximum absolute atomic E-state index is 12.0. The van der Waals surface area contributed by atoms with Gasteiger partial charge in [0.1, 0.15) is 0 Å². The third kappa shape index (κ3) is 3.00. The van der Waals surface area contributed by atoms with Crippen molar-refractivity contribution in [2.45, 2.75) is 11.2 Å². The van der Waals surface area contributed by atoms with E-state index in [0.29, 0.717) is 16.6 Å². The van der Waals surface area contributed by atoms with Crippen LogP contribution in [0, 0.1) is 11.3 Å². The smallest absolute Gasteiger partial charge is 0.337 e. The van der Waals surface area contributed by atoms with Crippen molar-refractivity contribution in [1.29, 1.82) is 5.26 Å². The molecule has 1 heterocycles. The molecule has 0 N–H and O–H groups in total. The second-order valence-electron chi connectivity index (χ2n) is 3.29. The molecule has 1 rings (SSSR count). The Kier molecular flexibility index (Phi) is 5.13. The van der Waals surface area contributed by atoms with Crippen molar-refractivity contribution in [3.8, 4) is 6.07 Å². The summed E-state index contributed by atoms with van der Waals surface area (Å²) in [6.07, 6.45) is 1.48. The molecule has 0 fully saturated rings. The first-order valence-corrected chi connectivity index (χ1v) is 6.66. The van der Waals surface area contributed by atoms with Crippen molar-refractivity contribution >= 4 is 34.2 Å². The topological polar surface area (TPSA) is 67.2 Å². The predicted octanol–water partition coefficient (Wildman–Crippen LogP) is 2.63. The fourth-order valence-electron chi connectivity index (χ4n) is 1.25. The molecule has 0 unspecified atom stereocenters. The number of nitriles is 1. The lowest BCUT2D eigenvalue weighted by atomic mass is 10.1. The van der Waals surface area contributed by atoms with Crippen LogP contribution >= 0.6 is 23.1 Å². The van der Waals surface area contributed by atoms with E-state index in [1.807, 2.05) is 6.07 Å². The van der Waals surface area contributed by atoms with Crippen molar-refractivity contribution in [3.63, 3.8) is 0 Å². The molecule has 1 aromatic rings. The molecule has 0 aromatic carbocycles. The molecule has 0 aliphatic heterocycles. The Morgan fingerprint density at radius 3 is 2.89 bits per heavy atom. The number of thioether (sulfide) groups is 1. The molecular weight excluding hydrogens is 270 g/mol. The van der Waals surface area contributed by atoms with Crippen LogP contribution in [-0.2, 0) is 9.53 Å². The predicted molar refractivity (Wildman–Crippen MR) is 71.4 cm³/mol. The van der Waals surface area contributed by atoms with Gasteiger partial charge in [-0.15, -0.1) is 17.9 Å². The number of allylic oxidation sites excluding steroid dienone is 1. The van der Waals surface area contributed by atoms with Crippen LogP contribution in [0.1, 0.15) is 16.1 Å². The van der Waals surface area contributed by atoms with E-state index in [2.05, 4.69) is 11.3 Å². The van der Waals surface area contributed by atoms with Gasteiger partial charge < -0.3 is 4.74 Å². The third-order valence-corrected chi connectivity index (χ3v) is 4.29. The normalized spacial score (nSPS) is 13.1. The summed E-state index contributed by atoms with van der Waals surface area (Å²) in [6.45, 7) is 3.50. The summed E-state index contributed by atoms with van der Waals surface area (Å²) in [6, 6.07) is 5.24. The average molecular weight is 281 g/mol. The summed E-state index contributed by atoms with van der Waals surface area (Å²) in [7, 11) is 1.19. The molecule has 0 aliphatic rings. The Balaban J connectivity index is 2.99. The van der Waals surface area contributed by atoms with Gasteiger partial charge in [-0.2, -0.15) is 5.26 Å². The van der Waals surface area contributed by atoms with Gasteiger partial charge in [0.05, 0.1) is 18.1 Å². The molecule has 4 nitrogen and oxygen atoms in total. The summed E-state index contributed by atoms with van der Waals surface area (Å²) in [5.74, 6) is -0.736. The van der Waals surface area contributed by atoms with Crippen molar-refractivity contribution in [2.75, 3.05) is 7.11 Å². The number of methoxy groups -OCH3 is 1. The number of hydrogen-bond acceptors (Lipinski definition) is 6. The van der Waals surface area contributed by atoms with E-state index < -0.39 is 10.7 Å². The summed E-state index contributed by atoms with van der Waals surface area (Å²) < 4.78 is 3.04. The number of carbonyl (C=O) groups excluding carboxylic acids is 2. The van der Waals surface area contributed by atoms with E-state index in [-0.39, 0.29) is 11.5 Å². The minimum absolute atomic E-state index is 0.0535. The maximum atomic E-state index is 12.0. The molecule has 0 saturated heterocycles. The second kappa shape index (κ2) is 6.38. The van der Waals surface area contributed by atoms with Gasteiger partial charge in [0.2, 0.25) is 9.86 Å². The van der Waals surface area contributed by atoms with Crippen LogP contribution in [0.2, 0.25) is 0 Å². The Bertz CT molecular complexity index is 490.